The fourth-order valence-corrected chi connectivity index (χ4v) is 3.47. The van der Waals surface area contributed by atoms with E-state index in [-0.39, 0.29) is 5.91 Å². The Morgan fingerprint density at radius 1 is 1.07 bits per heavy atom. The highest BCUT2D eigenvalue weighted by Crippen LogP contribution is 2.38. The van der Waals surface area contributed by atoms with Gasteiger partial charge >= 0.3 is 0 Å². The Labute approximate surface area is 173 Å². The zero-order valence-corrected chi connectivity index (χ0v) is 17.1. The normalized spacial score (nSPS) is 15.3. The predicted molar refractivity (Wildman–Crippen MR) is 112 cm³/mol. The van der Waals surface area contributed by atoms with E-state index < -0.39 is 6.04 Å². The first-order chi connectivity index (χ1) is 14.5. The van der Waals surface area contributed by atoms with E-state index in [2.05, 4.69) is 26.2 Å². The number of nitrogens with one attached hydrogen (secondary N) is 2. The lowest BCUT2D eigenvalue weighted by Gasteiger charge is -2.28. The van der Waals surface area contributed by atoms with Crippen LogP contribution >= 0.6 is 0 Å². The van der Waals surface area contributed by atoms with Gasteiger partial charge in [-0.3, -0.25) is 4.79 Å². The van der Waals surface area contributed by atoms with Gasteiger partial charge in [0.2, 0.25) is 5.95 Å². The molecule has 1 aromatic heterocycles. The Hall–Kier alpha value is -3.88. The molecule has 2 heterocycles. The molecule has 0 bridgehead atoms. The molecule has 0 unspecified atom stereocenters. The Balaban J connectivity index is 1.77. The van der Waals surface area contributed by atoms with Crippen LogP contribution in [0.25, 0.3) is 0 Å². The lowest BCUT2D eigenvalue weighted by Crippen LogP contribution is -2.31. The van der Waals surface area contributed by atoms with Crippen LogP contribution in [0.5, 0.6) is 11.5 Å². The Bertz CT molecular complexity index is 1120. The molecule has 0 saturated carbocycles. The number of hydrogen-bond acceptors (Lipinski definition) is 7. The van der Waals surface area contributed by atoms with E-state index in [0.29, 0.717) is 34.4 Å². The van der Waals surface area contributed by atoms with Crippen molar-refractivity contribution in [2.75, 3.05) is 24.9 Å². The molecule has 0 saturated heterocycles. The molecule has 154 valence electrons. The highest BCUT2D eigenvalue weighted by Gasteiger charge is 2.34. The second-order valence-corrected chi connectivity index (χ2v) is 6.95. The zero-order valence-electron chi connectivity index (χ0n) is 17.1. The van der Waals surface area contributed by atoms with Crippen LogP contribution in [0.4, 0.5) is 11.6 Å². The number of aryl methyl sites for hydroxylation is 1. The van der Waals surface area contributed by atoms with Crippen LogP contribution in [0, 0.1) is 6.92 Å². The summed E-state index contributed by atoms with van der Waals surface area (Å²) in [5.74, 6) is 1.36. The number of ether oxygens (including phenoxy) is 2. The number of fused-ring (bicyclic) bond motifs is 1. The van der Waals surface area contributed by atoms with E-state index in [0.717, 1.165) is 11.1 Å². The predicted octanol–water partition coefficient (Wildman–Crippen LogP) is 2.93. The Kier molecular flexibility index (Phi) is 5.09. The Morgan fingerprint density at radius 3 is 2.50 bits per heavy atom. The number of tetrazole rings is 1. The number of amides is 1. The van der Waals surface area contributed by atoms with Crippen molar-refractivity contribution in [3.63, 3.8) is 0 Å². The van der Waals surface area contributed by atoms with Crippen LogP contribution in [0.1, 0.15) is 24.1 Å². The molecule has 9 heteroatoms. The number of anilines is 2. The van der Waals surface area contributed by atoms with Crippen LogP contribution in [0.2, 0.25) is 0 Å². The van der Waals surface area contributed by atoms with Crippen molar-refractivity contribution in [3.05, 3.63) is 64.9 Å². The van der Waals surface area contributed by atoms with Crippen molar-refractivity contribution in [3.8, 4) is 11.5 Å². The first kappa shape index (κ1) is 19.4. The largest absolute Gasteiger partial charge is 0.493 e. The summed E-state index contributed by atoms with van der Waals surface area (Å²) in [4.78, 5) is 13.3. The summed E-state index contributed by atoms with van der Waals surface area (Å²) < 4.78 is 12.4. The molecule has 4 rings (SSSR count). The van der Waals surface area contributed by atoms with Crippen LogP contribution in [-0.2, 0) is 4.79 Å². The number of carbonyl (C=O) groups excluding carboxylic acids is 1. The molecule has 30 heavy (non-hydrogen) atoms. The summed E-state index contributed by atoms with van der Waals surface area (Å²) >= 11 is 0. The maximum absolute atomic E-state index is 13.3. The minimum absolute atomic E-state index is 0.246. The van der Waals surface area contributed by atoms with Gasteiger partial charge in [-0.1, -0.05) is 28.9 Å². The van der Waals surface area contributed by atoms with E-state index in [1.54, 1.807) is 25.0 Å². The lowest BCUT2D eigenvalue weighted by molar-refractivity contribution is -0.113. The van der Waals surface area contributed by atoms with Crippen LogP contribution in [-0.4, -0.2) is 40.3 Å². The summed E-state index contributed by atoms with van der Waals surface area (Å²) in [6, 6.07) is 12.6. The summed E-state index contributed by atoms with van der Waals surface area (Å²) in [6.45, 7) is 3.83. The standard InChI is InChI=1S/C21H22N6O3/c1-12-5-8-15(9-6-12)23-20(28)18-13(2)22-21-24-25-26-27(21)19(18)14-7-10-16(29-3)17(11-14)30-4/h5-11,19H,1-4H3,(H,23,28)(H,22,24,26)/t19-/m0/s1. The SMILES string of the molecule is COc1ccc([C@H]2C(C(=O)Nc3ccc(C)cc3)=C(C)Nc3nnnn32)cc1OC. The number of rotatable bonds is 5. The van der Waals surface area contributed by atoms with E-state index in [9.17, 15) is 4.79 Å². The average molecular weight is 406 g/mol. The van der Waals surface area contributed by atoms with Gasteiger partial charge in [0.1, 0.15) is 6.04 Å². The number of nitrogens with zero attached hydrogens (tertiary/aromatic N) is 4. The monoisotopic (exact) mass is 406 g/mol. The maximum Gasteiger partial charge on any atom is 0.255 e. The van der Waals surface area contributed by atoms with E-state index >= 15 is 0 Å². The average Bonchev–Trinajstić information content (AvgIpc) is 3.21. The first-order valence-electron chi connectivity index (χ1n) is 9.37. The van der Waals surface area contributed by atoms with E-state index in [4.69, 9.17) is 9.47 Å². The molecule has 2 N–H and O–H groups in total. The minimum atomic E-state index is -0.540. The van der Waals surface area contributed by atoms with Gasteiger partial charge in [-0.2, -0.15) is 4.68 Å². The third-order valence-corrected chi connectivity index (χ3v) is 4.99. The molecule has 3 aromatic rings. The summed E-state index contributed by atoms with van der Waals surface area (Å²) in [7, 11) is 3.14. The van der Waals surface area contributed by atoms with Crippen molar-refractivity contribution in [2.45, 2.75) is 19.9 Å². The second-order valence-electron chi connectivity index (χ2n) is 6.95. The summed E-state index contributed by atoms with van der Waals surface area (Å²) in [6.07, 6.45) is 0. The Morgan fingerprint density at radius 2 is 1.80 bits per heavy atom. The molecule has 1 amide bonds. The number of methoxy groups -OCH3 is 2. The van der Waals surface area contributed by atoms with Crippen molar-refractivity contribution in [2.24, 2.45) is 0 Å². The van der Waals surface area contributed by atoms with Crippen molar-refractivity contribution in [1.82, 2.24) is 20.2 Å². The fraction of sp³-hybridized carbons (Fsp3) is 0.238. The summed E-state index contributed by atoms with van der Waals surface area (Å²) in [5, 5.41) is 18.0. The second kappa shape index (κ2) is 7.86. The minimum Gasteiger partial charge on any atom is -0.493 e. The molecule has 1 atom stereocenters. The molecular weight excluding hydrogens is 384 g/mol. The van der Waals surface area contributed by atoms with Gasteiger partial charge in [-0.15, -0.1) is 0 Å². The fourth-order valence-electron chi connectivity index (χ4n) is 3.47. The van der Waals surface area contributed by atoms with Gasteiger partial charge in [0.25, 0.3) is 5.91 Å². The molecule has 0 radical (unpaired) electrons. The van der Waals surface area contributed by atoms with Crippen LogP contribution in [0.3, 0.4) is 0 Å². The number of aromatic nitrogens is 4. The summed E-state index contributed by atoms with van der Waals surface area (Å²) in [5.41, 5.74) is 3.78. The van der Waals surface area contributed by atoms with Gasteiger partial charge in [-0.25, -0.2) is 0 Å². The highest BCUT2D eigenvalue weighted by atomic mass is 16.5. The van der Waals surface area contributed by atoms with Crippen LogP contribution in [0.15, 0.2) is 53.7 Å². The number of hydrogen-bond donors (Lipinski definition) is 2. The van der Waals surface area contributed by atoms with E-state index in [1.165, 1.54) is 0 Å². The first-order valence-corrected chi connectivity index (χ1v) is 9.37. The van der Waals surface area contributed by atoms with Gasteiger partial charge in [0, 0.05) is 11.4 Å². The molecule has 0 aliphatic carbocycles. The topological polar surface area (TPSA) is 103 Å². The van der Waals surface area contributed by atoms with Crippen molar-refractivity contribution >= 4 is 17.5 Å². The molecule has 2 aromatic carbocycles. The smallest absolute Gasteiger partial charge is 0.255 e. The highest BCUT2D eigenvalue weighted by molar-refractivity contribution is 6.06. The van der Waals surface area contributed by atoms with E-state index in [1.807, 2.05) is 50.2 Å². The third-order valence-electron chi connectivity index (χ3n) is 4.99. The third kappa shape index (κ3) is 3.45. The number of allylic oxidation sites excluding steroid dienone is 1. The molecule has 9 nitrogen and oxygen atoms in total. The van der Waals surface area contributed by atoms with Crippen molar-refractivity contribution in [1.29, 1.82) is 0 Å². The lowest BCUT2D eigenvalue weighted by atomic mass is 9.94. The number of carbonyl (C=O) groups is 1. The van der Waals surface area contributed by atoms with Gasteiger partial charge in [0.15, 0.2) is 11.5 Å². The molecule has 1 aliphatic rings. The van der Waals surface area contributed by atoms with Crippen LogP contribution < -0.4 is 20.1 Å². The molecular formula is C21H22N6O3. The van der Waals surface area contributed by atoms with Gasteiger partial charge < -0.3 is 20.1 Å². The molecule has 0 fully saturated rings. The molecule has 0 spiro atoms. The quantitative estimate of drug-likeness (QED) is 0.671. The zero-order chi connectivity index (χ0) is 21.3. The van der Waals surface area contributed by atoms with Gasteiger partial charge in [-0.05, 0) is 54.1 Å². The van der Waals surface area contributed by atoms with Gasteiger partial charge in [0.05, 0.1) is 19.8 Å². The van der Waals surface area contributed by atoms with Crippen molar-refractivity contribution < 1.29 is 14.3 Å². The number of benzene rings is 2. The maximum atomic E-state index is 13.3. The molecule has 1 aliphatic heterocycles.